The first-order valence-corrected chi connectivity index (χ1v) is 6.41. The maximum absolute atomic E-state index is 12.3. The normalized spacial score (nSPS) is 10.4. The molecule has 2 rings (SSSR count). The number of pyridine rings is 1. The number of para-hydroxylation sites is 1. The van der Waals surface area contributed by atoms with Gasteiger partial charge in [-0.25, -0.2) is 4.98 Å². The maximum atomic E-state index is 12.3. The number of hydrogen-bond donors (Lipinski definition) is 1. The highest BCUT2D eigenvalue weighted by molar-refractivity contribution is 5.96. The molecule has 5 nitrogen and oxygen atoms in total. The maximum Gasteiger partial charge on any atom is 0.387 e. The highest BCUT2D eigenvalue weighted by Gasteiger charge is 2.14. The van der Waals surface area contributed by atoms with E-state index in [0.717, 1.165) is 5.56 Å². The lowest BCUT2D eigenvalue weighted by molar-refractivity contribution is -0.0501. The van der Waals surface area contributed by atoms with E-state index in [1.807, 2.05) is 0 Å². The predicted molar refractivity (Wildman–Crippen MR) is 75.0 cm³/mol. The van der Waals surface area contributed by atoms with E-state index in [0.29, 0.717) is 5.88 Å². The molecule has 1 heterocycles. The third-order valence-electron chi connectivity index (χ3n) is 2.81. The van der Waals surface area contributed by atoms with Gasteiger partial charge >= 0.3 is 6.61 Å². The fourth-order valence-electron chi connectivity index (χ4n) is 1.77. The van der Waals surface area contributed by atoms with Crippen LogP contribution >= 0.6 is 0 Å². The number of ether oxygens (including phenoxy) is 2. The van der Waals surface area contributed by atoms with Gasteiger partial charge in [-0.15, -0.1) is 0 Å². The topological polar surface area (TPSA) is 60.5 Å². The van der Waals surface area contributed by atoms with E-state index in [9.17, 15) is 13.6 Å². The molecular formula is C15H14F2N2O3. The Labute approximate surface area is 125 Å². The lowest BCUT2D eigenvalue weighted by Crippen LogP contribution is -2.23. The van der Waals surface area contributed by atoms with Gasteiger partial charge in [-0.1, -0.05) is 18.2 Å². The molecule has 0 saturated carbocycles. The van der Waals surface area contributed by atoms with Crippen molar-refractivity contribution >= 4 is 5.91 Å². The zero-order valence-electron chi connectivity index (χ0n) is 11.8. The number of halogens is 2. The highest BCUT2D eigenvalue weighted by Crippen LogP contribution is 2.20. The number of methoxy groups -OCH3 is 1. The Hall–Kier alpha value is -2.70. The van der Waals surface area contributed by atoms with E-state index in [1.165, 1.54) is 25.3 Å². The number of aromatic nitrogens is 1. The minimum Gasteiger partial charge on any atom is -0.481 e. The van der Waals surface area contributed by atoms with Crippen LogP contribution in [0, 0.1) is 0 Å². The molecule has 1 aromatic carbocycles. The van der Waals surface area contributed by atoms with Crippen LogP contribution in [0.25, 0.3) is 0 Å². The summed E-state index contributed by atoms with van der Waals surface area (Å²) in [6.45, 7) is -2.78. The zero-order chi connectivity index (χ0) is 15.9. The third kappa shape index (κ3) is 4.15. The van der Waals surface area contributed by atoms with E-state index in [4.69, 9.17) is 4.74 Å². The number of carbonyl (C=O) groups excluding carboxylic acids is 1. The van der Waals surface area contributed by atoms with Gasteiger partial charge in [0, 0.05) is 18.8 Å². The molecule has 1 amide bonds. The molecule has 0 radical (unpaired) electrons. The number of rotatable bonds is 6. The lowest BCUT2D eigenvalue weighted by Gasteiger charge is -2.11. The van der Waals surface area contributed by atoms with Crippen molar-refractivity contribution in [1.82, 2.24) is 10.3 Å². The summed E-state index contributed by atoms with van der Waals surface area (Å²) in [6.07, 6.45) is 1.56. The van der Waals surface area contributed by atoms with Gasteiger partial charge in [-0.2, -0.15) is 8.78 Å². The predicted octanol–water partition coefficient (Wildman–Crippen LogP) is 2.62. The fourth-order valence-corrected chi connectivity index (χ4v) is 1.77. The summed E-state index contributed by atoms with van der Waals surface area (Å²) >= 11 is 0. The molecule has 0 unspecified atom stereocenters. The van der Waals surface area contributed by atoms with Crippen molar-refractivity contribution in [3.8, 4) is 11.6 Å². The Balaban J connectivity index is 2.02. The number of carbonyl (C=O) groups is 1. The van der Waals surface area contributed by atoms with Crippen LogP contribution in [-0.2, 0) is 6.54 Å². The van der Waals surface area contributed by atoms with Gasteiger partial charge in [0.15, 0.2) is 0 Å². The number of benzene rings is 1. The van der Waals surface area contributed by atoms with Gasteiger partial charge in [0.05, 0.1) is 12.7 Å². The monoisotopic (exact) mass is 308 g/mol. The summed E-state index contributed by atoms with van der Waals surface area (Å²) in [6, 6.07) is 9.22. The molecule has 0 atom stereocenters. The molecule has 0 aliphatic rings. The summed E-state index contributed by atoms with van der Waals surface area (Å²) < 4.78 is 33.9. The molecule has 1 aromatic heterocycles. The largest absolute Gasteiger partial charge is 0.481 e. The first-order chi connectivity index (χ1) is 10.6. The van der Waals surface area contributed by atoms with Crippen molar-refractivity contribution in [1.29, 1.82) is 0 Å². The summed E-state index contributed by atoms with van der Waals surface area (Å²) in [4.78, 5) is 16.1. The van der Waals surface area contributed by atoms with Crippen molar-refractivity contribution in [2.45, 2.75) is 13.2 Å². The number of amides is 1. The van der Waals surface area contributed by atoms with Crippen LogP contribution in [0.4, 0.5) is 8.78 Å². The second-order valence-corrected chi connectivity index (χ2v) is 4.27. The molecule has 0 aliphatic carbocycles. The van der Waals surface area contributed by atoms with E-state index >= 15 is 0 Å². The third-order valence-corrected chi connectivity index (χ3v) is 2.81. The van der Waals surface area contributed by atoms with Crippen molar-refractivity contribution in [2.24, 2.45) is 0 Å². The van der Waals surface area contributed by atoms with Crippen molar-refractivity contribution in [2.75, 3.05) is 7.11 Å². The van der Waals surface area contributed by atoms with Crippen LogP contribution in [0.15, 0.2) is 42.6 Å². The van der Waals surface area contributed by atoms with Crippen molar-refractivity contribution in [3.05, 3.63) is 53.7 Å². The zero-order valence-corrected chi connectivity index (χ0v) is 11.8. The molecule has 0 aliphatic heterocycles. The van der Waals surface area contributed by atoms with Crippen LogP contribution in [0.5, 0.6) is 11.6 Å². The molecule has 22 heavy (non-hydrogen) atoms. The van der Waals surface area contributed by atoms with E-state index in [-0.39, 0.29) is 17.9 Å². The second-order valence-electron chi connectivity index (χ2n) is 4.27. The average molecular weight is 308 g/mol. The number of alkyl halides is 2. The first kappa shape index (κ1) is 15.7. The molecule has 116 valence electrons. The highest BCUT2D eigenvalue weighted by atomic mass is 19.3. The number of nitrogens with zero attached hydrogens (tertiary/aromatic N) is 1. The Morgan fingerprint density at radius 2 is 2.05 bits per heavy atom. The molecule has 2 aromatic rings. The quantitative estimate of drug-likeness (QED) is 0.891. The van der Waals surface area contributed by atoms with Gasteiger partial charge in [0.1, 0.15) is 5.75 Å². The Kier molecular flexibility index (Phi) is 5.24. The van der Waals surface area contributed by atoms with Crippen LogP contribution < -0.4 is 14.8 Å². The fraction of sp³-hybridized carbons (Fsp3) is 0.200. The summed E-state index contributed by atoms with van der Waals surface area (Å²) in [5.74, 6) is -0.208. The molecule has 0 fully saturated rings. The average Bonchev–Trinajstić information content (AvgIpc) is 2.53. The Bertz CT molecular complexity index is 633. The smallest absolute Gasteiger partial charge is 0.387 e. The van der Waals surface area contributed by atoms with Gasteiger partial charge < -0.3 is 14.8 Å². The van der Waals surface area contributed by atoms with Gasteiger partial charge in [0.2, 0.25) is 5.88 Å². The summed E-state index contributed by atoms with van der Waals surface area (Å²) in [5, 5.41) is 2.62. The molecule has 0 bridgehead atoms. The van der Waals surface area contributed by atoms with Crippen LogP contribution in [0.3, 0.4) is 0 Å². The second kappa shape index (κ2) is 7.35. The molecule has 1 N–H and O–H groups in total. The summed E-state index contributed by atoms with van der Waals surface area (Å²) in [7, 11) is 1.50. The minimum atomic E-state index is -2.99. The standard InChI is InChI=1S/C15H14F2N2O3/c1-21-13-7-6-10(8-18-13)9-19-14(20)11-4-2-3-5-12(11)22-15(16)17/h2-8,15H,9H2,1H3,(H,19,20). The number of nitrogens with one attached hydrogen (secondary N) is 1. The van der Waals surface area contributed by atoms with Crippen LogP contribution in [-0.4, -0.2) is 24.6 Å². The van der Waals surface area contributed by atoms with E-state index < -0.39 is 12.5 Å². The molecule has 0 saturated heterocycles. The van der Waals surface area contributed by atoms with Crippen LogP contribution in [0.1, 0.15) is 15.9 Å². The van der Waals surface area contributed by atoms with Crippen molar-refractivity contribution < 1.29 is 23.0 Å². The van der Waals surface area contributed by atoms with E-state index in [2.05, 4.69) is 15.0 Å². The van der Waals surface area contributed by atoms with Gasteiger partial charge in [0.25, 0.3) is 5.91 Å². The van der Waals surface area contributed by atoms with Crippen LogP contribution in [0.2, 0.25) is 0 Å². The molecule has 7 heteroatoms. The van der Waals surface area contributed by atoms with E-state index in [1.54, 1.807) is 24.4 Å². The first-order valence-electron chi connectivity index (χ1n) is 6.41. The lowest BCUT2D eigenvalue weighted by atomic mass is 10.2. The minimum absolute atomic E-state index is 0.0456. The van der Waals surface area contributed by atoms with Crippen molar-refractivity contribution in [3.63, 3.8) is 0 Å². The summed E-state index contributed by atoms with van der Waals surface area (Å²) in [5.41, 5.74) is 0.797. The number of hydrogen-bond acceptors (Lipinski definition) is 4. The Morgan fingerprint density at radius 1 is 1.27 bits per heavy atom. The Morgan fingerprint density at radius 3 is 2.68 bits per heavy atom. The molecule has 0 spiro atoms. The SMILES string of the molecule is COc1ccc(CNC(=O)c2ccccc2OC(F)F)cn1. The van der Waals surface area contributed by atoms with Gasteiger partial charge in [-0.3, -0.25) is 4.79 Å². The molecular weight excluding hydrogens is 294 g/mol. The van der Waals surface area contributed by atoms with Gasteiger partial charge in [-0.05, 0) is 17.7 Å².